The van der Waals surface area contributed by atoms with E-state index >= 15 is 0 Å². The van der Waals surface area contributed by atoms with Crippen LogP contribution >= 0.6 is 11.8 Å². The molecule has 0 bridgehead atoms. The van der Waals surface area contributed by atoms with Gasteiger partial charge in [0.2, 0.25) is 0 Å². The summed E-state index contributed by atoms with van der Waals surface area (Å²) < 4.78 is 4.99. The van der Waals surface area contributed by atoms with Crippen molar-refractivity contribution in [2.24, 2.45) is 0 Å². The van der Waals surface area contributed by atoms with Gasteiger partial charge in [-0.3, -0.25) is 0 Å². The Bertz CT molecular complexity index is 918. The predicted molar refractivity (Wildman–Crippen MR) is 115 cm³/mol. The number of carbonyl (C=O) groups is 1. The van der Waals surface area contributed by atoms with E-state index < -0.39 is 0 Å². The van der Waals surface area contributed by atoms with Crippen molar-refractivity contribution in [3.63, 3.8) is 0 Å². The van der Waals surface area contributed by atoms with Gasteiger partial charge in [0, 0.05) is 16.7 Å². The van der Waals surface area contributed by atoms with Crippen LogP contribution in [-0.2, 0) is 10.2 Å². The van der Waals surface area contributed by atoms with Crippen molar-refractivity contribution in [1.29, 1.82) is 0 Å². The fraction of sp³-hybridized carbons (Fsp3) is 0.417. The molecule has 1 aromatic heterocycles. The second-order valence-corrected chi connectivity index (χ2v) is 8.29. The number of aromatic nitrogens is 1. The first-order valence-corrected chi connectivity index (χ1v) is 10.9. The summed E-state index contributed by atoms with van der Waals surface area (Å²) in [4.78, 5) is 17.4. The molecule has 0 aliphatic carbocycles. The van der Waals surface area contributed by atoms with E-state index in [4.69, 9.17) is 4.74 Å². The second-order valence-electron chi connectivity index (χ2n) is 7.15. The zero-order valence-electron chi connectivity index (χ0n) is 17.1. The molecule has 0 N–H and O–H groups in total. The van der Waals surface area contributed by atoms with E-state index in [1.54, 1.807) is 19.1 Å². The number of aryl methyl sites for hydroxylation is 1. The molecule has 2 aromatic rings. The summed E-state index contributed by atoms with van der Waals surface area (Å²) in [6.45, 7) is 8.85. The van der Waals surface area contributed by atoms with Crippen LogP contribution in [0.4, 0.5) is 0 Å². The Morgan fingerprint density at radius 3 is 2.64 bits per heavy atom. The average Bonchev–Trinajstić information content (AvgIpc) is 2.72. The van der Waals surface area contributed by atoms with Crippen LogP contribution in [0.2, 0.25) is 0 Å². The van der Waals surface area contributed by atoms with Crippen molar-refractivity contribution in [2.45, 2.75) is 57.3 Å². The molecule has 0 unspecified atom stereocenters. The van der Waals surface area contributed by atoms with Gasteiger partial charge >= 0.3 is 5.97 Å². The molecule has 0 fully saturated rings. The lowest BCUT2D eigenvalue weighted by Gasteiger charge is -2.38. The van der Waals surface area contributed by atoms with E-state index in [2.05, 4.69) is 49.7 Å². The van der Waals surface area contributed by atoms with E-state index in [0.29, 0.717) is 17.9 Å². The van der Waals surface area contributed by atoms with Crippen LogP contribution in [-0.4, -0.2) is 23.3 Å². The van der Waals surface area contributed by atoms with E-state index in [1.165, 1.54) is 34.4 Å². The first kappa shape index (κ1) is 20.5. The number of benzene rings is 1. The molecule has 0 amide bonds. The Labute approximate surface area is 172 Å². The van der Waals surface area contributed by atoms with E-state index in [0.717, 1.165) is 18.4 Å². The van der Waals surface area contributed by atoms with Crippen LogP contribution in [0.5, 0.6) is 0 Å². The second kappa shape index (κ2) is 8.84. The first-order chi connectivity index (χ1) is 13.5. The van der Waals surface area contributed by atoms with E-state index in [9.17, 15) is 4.79 Å². The van der Waals surface area contributed by atoms with Crippen molar-refractivity contribution < 1.29 is 9.53 Å². The maximum Gasteiger partial charge on any atom is 0.339 e. The number of esters is 1. The van der Waals surface area contributed by atoms with Crippen molar-refractivity contribution in [3.05, 3.63) is 58.4 Å². The minimum atomic E-state index is -0.354. The Morgan fingerprint density at radius 1 is 1.21 bits per heavy atom. The van der Waals surface area contributed by atoms with Gasteiger partial charge in [-0.25, -0.2) is 9.78 Å². The van der Waals surface area contributed by atoms with Crippen LogP contribution in [0.3, 0.4) is 0 Å². The lowest BCUT2D eigenvalue weighted by Crippen LogP contribution is -2.29. The Morgan fingerprint density at radius 2 is 2.00 bits per heavy atom. The van der Waals surface area contributed by atoms with Crippen molar-refractivity contribution in [3.8, 4) is 11.8 Å². The Balaban J connectivity index is 1.91. The average molecular weight is 394 g/mol. The van der Waals surface area contributed by atoms with Gasteiger partial charge in [0.05, 0.1) is 12.2 Å². The van der Waals surface area contributed by atoms with Gasteiger partial charge in [0.1, 0.15) is 5.69 Å². The van der Waals surface area contributed by atoms with Gasteiger partial charge in [0.15, 0.2) is 0 Å². The maximum atomic E-state index is 11.7. The number of ether oxygens (including phenoxy) is 1. The number of hydrogen-bond acceptors (Lipinski definition) is 4. The molecule has 3 nitrogen and oxygen atoms in total. The highest BCUT2D eigenvalue weighted by atomic mass is 32.2. The predicted octanol–water partition coefficient (Wildman–Crippen LogP) is 5.52. The van der Waals surface area contributed by atoms with Crippen LogP contribution in [0.15, 0.2) is 35.4 Å². The maximum absolute atomic E-state index is 11.7. The SMILES string of the molecule is CCOC(=O)c1ccc(C#Cc2cc3c(cc2C)SCCC3(CC)CC)nc1. The third-order valence-electron chi connectivity index (χ3n) is 5.69. The normalized spacial score (nSPS) is 14.6. The molecule has 1 aliphatic heterocycles. The van der Waals surface area contributed by atoms with Gasteiger partial charge in [-0.1, -0.05) is 19.8 Å². The summed E-state index contributed by atoms with van der Waals surface area (Å²) in [6.07, 6.45) is 5.07. The standard InChI is InChI=1S/C24H27NO2S/c1-5-24(6-2)12-13-28-22-14-17(4)18(15-21(22)24)8-10-20-11-9-19(16-25-20)23(26)27-7-3/h9,11,14-16H,5-7,12-13H2,1-4H3. The zero-order valence-corrected chi connectivity index (χ0v) is 17.9. The van der Waals surface area contributed by atoms with Gasteiger partial charge in [0.25, 0.3) is 0 Å². The quantitative estimate of drug-likeness (QED) is 0.506. The highest BCUT2D eigenvalue weighted by molar-refractivity contribution is 7.99. The van der Waals surface area contributed by atoms with Crippen LogP contribution in [0, 0.1) is 18.8 Å². The lowest BCUT2D eigenvalue weighted by atomic mass is 9.73. The molecule has 3 rings (SSSR count). The van der Waals surface area contributed by atoms with Gasteiger partial charge in [-0.2, -0.15) is 0 Å². The smallest absolute Gasteiger partial charge is 0.339 e. The molecule has 0 radical (unpaired) electrons. The zero-order chi connectivity index (χ0) is 20.1. The monoisotopic (exact) mass is 393 g/mol. The number of carbonyl (C=O) groups excluding carboxylic acids is 1. The summed E-state index contributed by atoms with van der Waals surface area (Å²) >= 11 is 1.96. The summed E-state index contributed by atoms with van der Waals surface area (Å²) in [5.74, 6) is 7.29. The minimum absolute atomic E-state index is 0.268. The van der Waals surface area contributed by atoms with Crippen LogP contribution < -0.4 is 0 Å². The molecule has 0 spiro atoms. The summed E-state index contributed by atoms with van der Waals surface area (Å²) in [7, 11) is 0. The summed E-state index contributed by atoms with van der Waals surface area (Å²) in [5.41, 5.74) is 5.08. The minimum Gasteiger partial charge on any atom is -0.462 e. The van der Waals surface area contributed by atoms with Crippen molar-refractivity contribution >= 4 is 17.7 Å². The first-order valence-electron chi connectivity index (χ1n) is 9.96. The van der Waals surface area contributed by atoms with Gasteiger partial charge in [-0.05, 0) is 85.6 Å². The van der Waals surface area contributed by atoms with Gasteiger partial charge < -0.3 is 4.74 Å². The molecule has 0 atom stereocenters. The molecular weight excluding hydrogens is 366 g/mol. The summed E-state index contributed by atoms with van der Waals surface area (Å²) in [5, 5.41) is 0. The highest BCUT2D eigenvalue weighted by Gasteiger charge is 2.34. The number of pyridine rings is 1. The highest BCUT2D eigenvalue weighted by Crippen LogP contribution is 2.46. The number of hydrogen-bond donors (Lipinski definition) is 0. The number of nitrogens with zero attached hydrogens (tertiary/aromatic N) is 1. The number of fused-ring (bicyclic) bond motifs is 1. The lowest BCUT2D eigenvalue weighted by molar-refractivity contribution is 0.0526. The number of thioether (sulfide) groups is 1. The molecule has 1 aromatic carbocycles. The molecule has 4 heteroatoms. The summed E-state index contributed by atoms with van der Waals surface area (Å²) in [6, 6.07) is 8.07. The Kier molecular flexibility index (Phi) is 6.46. The third-order valence-corrected chi connectivity index (χ3v) is 6.75. The van der Waals surface area contributed by atoms with Crippen molar-refractivity contribution in [1.82, 2.24) is 4.98 Å². The van der Waals surface area contributed by atoms with Crippen LogP contribution in [0.25, 0.3) is 0 Å². The van der Waals surface area contributed by atoms with E-state index in [-0.39, 0.29) is 11.4 Å². The topological polar surface area (TPSA) is 39.2 Å². The third kappa shape index (κ3) is 4.10. The fourth-order valence-electron chi connectivity index (χ4n) is 3.76. The molecule has 1 aliphatic rings. The molecular formula is C24H27NO2S. The molecule has 28 heavy (non-hydrogen) atoms. The molecule has 0 saturated carbocycles. The van der Waals surface area contributed by atoms with Gasteiger partial charge in [-0.15, -0.1) is 11.8 Å². The molecule has 146 valence electrons. The van der Waals surface area contributed by atoms with Crippen molar-refractivity contribution in [2.75, 3.05) is 12.4 Å². The van der Waals surface area contributed by atoms with Crippen LogP contribution in [0.1, 0.15) is 72.8 Å². The molecule has 0 saturated heterocycles. The number of rotatable bonds is 4. The Hall–Kier alpha value is -2.25. The molecule has 2 heterocycles. The van der Waals surface area contributed by atoms with E-state index in [1.807, 2.05) is 11.8 Å². The fourth-order valence-corrected chi connectivity index (χ4v) is 5.16. The largest absolute Gasteiger partial charge is 0.462 e.